The van der Waals surface area contributed by atoms with Crippen LogP contribution in [0.4, 0.5) is 8.78 Å². The number of rotatable bonds is 2. The van der Waals surface area contributed by atoms with Gasteiger partial charge in [0, 0.05) is 24.9 Å². The van der Waals surface area contributed by atoms with Gasteiger partial charge in [-0.2, -0.15) is 0 Å². The van der Waals surface area contributed by atoms with Crippen LogP contribution in [0.15, 0.2) is 0 Å². The summed E-state index contributed by atoms with van der Waals surface area (Å²) in [4.78, 5) is 0. The minimum absolute atomic E-state index is 0.0590. The molecule has 1 N–H and O–H groups in total. The van der Waals surface area contributed by atoms with Crippen molar-refractivity contribution in [3.05, 3.63) is 0 Å². The Kier molecular flexibility index (Phi) is 1.63. The van der Waals surface area contributed by atoms with Crippen LogP contribution in [-0.2, 0) is 0 Å². The lowest BCUT2D eigenvalue weighted by molar-refractivity contribution is -0.0963. The highest BCUT2D eigenvalue weighted by atomic mass is 19.3. The predicted molar refractivity (Wildman–Crippen MR) is 38.7 cm³/mol. The molecule has 0 aliphatic heterocycles. The van der Waals surface area contributed by atoms with Crippen molar-refractivity contribution >= 4 is 0 Å². The van der Waals surface area contributed by atoms with Gasteiger partial charge in [0.2, 0.25) is 0 Å². The minimum Gasteiger partial charge on any atom is -0.311 e. The van der Waals surface area contributed by atoms with Crippen molar-refractivity contribution in [2.45, 2.75) is 50.1 Å². The molecule has 0 spiro atoms. The fourth-order valence-corrected chi connectivity index (χ4v) is 1.69. The molecule has 0 bridgehead atoms. The molecule has 0 heterocycles. The molecule has 2 aliphatic rings. The number of halogens is 2. The zero-order valence-electron chi connectivity index (χ0n) is 6.45. The molecule has 0 radical (unpaired) electrons. The van der Waals surface area contributed by atoms with Crippen LogP contribution in [-0.4, -0.2) is 18.0 Å². The van der Waals surface area contributed by atoms with Crippen LogP contribution in [0.3, 0.4) is 0 Å². The SMILES string of the molecule is FC1(F)CC(NC2CCC2)C1. The summed E-state index contributed by atoms with van der Waals surface area (Å²) >= 11 is 0. The maximum Gasteiger partial charge on any atom is 0.251 e. The summed E-state index contributed by atoms with van der Waals surface area (Å²) in [6.45, 7) is 0. The van der Waals surface area contributed by atoms with E-state index in [1.807, 2.05) is 0 Å². The van der Waals surface area contributed by atoms with Crippen LogP contribution < -0.4 is 5.32 Å². The number of hydrogen-bond acceptors (Lipinski definition) is 1. The van der Waals surface area contributed by atoms with Crippen LogP contribution in [0.1, 0.15) is 32.1 Å². The Labute approximate surface area is 65.2 Å². The summed E-state index contributed by atoms with van der Waals surface area (Å²) in [7, 11) is 0. The van der Waals surface area contributed by atoms with Crippen LogP contribution in [0.2, 0.25) is 0 Å². The van der Waals surface area contributed by atoms with Gasteiger partial charge in [0.25, 0.3) is 5.92 Å². The van der Waals surface area contributed by atoms with Gasteiger partial charge < -0.3 is 5.32 Å². The molecule has 0 atom stereocenters. The maximum atomic E-state index is 12.3. The van der Waals surface area contributed by atoms with Crippen LogP contribution in [0.25, 0.3) is 0 Å². The third-order valence-corrected chi connectivity index (χ3v) is 2.67. The average Bonchev–Trinajstić information content (AvgIpc) is 1.73. The molecule has 0 unspecified atom stereocenters. The molecule has 0 aromatic carbocycles. The standard InChI is InChI=1S/C8H13F2N/c9-8(10)4-7(5-8)11-6-2-1-3-6/h6-7,11H,1-5H2. The summed E-state index contributed by atoms with van der Waals surface area (Å²) < 4.78 is 24.6. The molecule has 2 saturated carbocycles. The Hall–Kier alpha value is -0.180. The number of hydrogen-bond donors (Lipinski definition) is 1. The highest BCUT2D eigenvalue weighted by molar-refractivity contribution is 4.94. The normalized spacial score (nSPS) is 31.1. The fourth-order valence-electron chi connectivity index (χ4n) is 1.69. The first kappa shape index (κ1) is 7.47. The number of nitrogens with one attached hydrogen (secondary N) is 1. The highest BCUT2D eigenvalue weighted by Gasteiger charge is 2.45. The van der Waals surface area contributed by atoms with E-state index in [1.165, 1.54) is 19.3 Å². The zero-order valence-corrected chi connectivity index (χ0v) is 6.45. The average molecular weight is 161 g/mol. The van der Waals surface area contributed by atoms with Gasteiger partial charge in [0.15, 0.2) is 0 Å². The molecule has 64 valence electrons. The molecule has 2 aliphatic carbocycles. The summed E-state index contributed by atoms with van der Waals surface area (Å²) in [5, 5.41) is 3.23. The lowest BCUT2D eigenvalue weighted by Crippen LogP contribution is -2.53. The van der Waals surface area contributed by atoms with E-state index in [0.29, 0.717) is 6.04 Å². The van der Waals surface area contributed by atoms with E-state index in [9.17, 15) is 8.78 Å². The Balaban J connectivity index is 1.67. The van der Waals surface area contributed by atoms with Crippen molar-refractivity contribution in [2.75, 3.05) is 0 Å². The van der Waals surface area contributed by atoms with Crippen molar-refractivity contribution in [3.63, 3.8) is 0 Å². The summed E-state index contributed by atoms with van der Waals surface area (Å²) in [6, 6.07) is 0.659. The Morgan fingerprint density at radius 1 is 1.09 bits per heavy atom. The smallest absolute Gasteiger partial charge is 0.251 e. The molecular formula is C8H13F2N. The monoisotopic (exact) mass is 161 g/mol. The van der Waals surface area contributed by atoms with E-state index in [4.69, 9.17) is 0 Å². The van der Waals surface area contributed by atoms with Crippen LogP contribution in [0, 0.1) is 0 Å². The minimum atomic E-state index is -2.36. The third-order valence-electron chi connectivity index (χ3n) is 2.67. The van der Waals surface area contributed by atoms with E-state index in [1.54, 1.807) is 0 Å². The van der Waals surface area contributed by atoms with E-state index in [0.717, 1.165) is 0 Å². The first-order chi connectivity index (χ1) is 5.16. The van der Waals surface area contributed by atoms with E-state index >= 15 is 0 Å². The van der Waals surface area contributed by atoms with Gasteiger partial charge in [-0.15, -0.1) is 0 Å². The molecule has 0 aromatic rings. The van der Waals surface area contributed by atoms with Crippen molar-refractivity contribution in [3.8, 4) is 0 Å². The molecule has 2 rings (SSSR count). The summed E-state index contributed by atoms with van der Waals surface area (Å²) in [5.41, 5.74) is 0. The van der Waals surface area contributed by atoms with Crippen molar-refractivity contribution in [1.29, 1.82) is 0 Å². The molecule has 0 amide bonds. The van der Waals surface area contributed by atoms with Gasteiger partial charge in [-0.05, 0) is 12.8 Å². The van der Waals surface area contributed by atoms with Gasteiger partial charge in [-0.25, -0.2) is 8.78 Å². The fraction of sp³-hybridized carbons (Fsp3) is 1.00. The van der Waals surface area contributed by atoms with Gasteiger partial charge in [-0.3, -0.25) is 0 Å². The topological polar surface area (TPSA) is 12.0 Å². The molecule has 2 fully saturated rings. The summed E-state index contributed by atoms with van der Waals surface area (Å²) in [6.07, 6.45) is 3.75. The first-order valence-electron chi connectivity index (χ1n) is 4.30. The van der Waals surface area contributed by atoms with Crippen molar-refractivity contribution < 1.29 is 8.78 Å². The van der Waals surface area contributed by atoms with E-state index in [2.05, 4.69) is 5.32 Å². The lowest BCUT2D eigenvalue weighted by Gasteiger charge is -2.40. The van der Waals surface area contributed by atoms with Crippen molar-refractivity contribution in [1.82, 2.24) is 5.32 Å². The van der Waals surface area contributed by atoms with Gasteiger partial charge in [0.1, 0.15) is 0 Å². The molecule has 3 heteroatoms. The molecule has 11 heavy (non-hydrogen) atoms. The van der Waals surface area contributed by atoms with Gasteiger partial charge in [-0.1, -0.05) is 6.42 Å². The first-order valence-corrected chi connectivity index (χ1v) is 4.30. The number of alkyl halides is 2. The van der Waals surface area contributed by atoms with Crippen molar-refractivity contribution in [2.24, 2.45) is 0 Å². The maximum absolute atomic E-state index is 12.3. The predicted octanol–water partition coefficient (Wildman–Crippen LogP) is 1.93. The Morgan fingerprint density at radius 2 is 1.73 bits per heavy atom. The van der Waals surface area contributed by atoms with Gasteiger partial charge >= 0.3 is 0 Å². The zero-order chi connectivity index (χ0) is 7.90. The largest absolute Gasteiger partial charge is 0.311 e. The summed E-state index contributed by atoms with van der Waals surface area (Å²) in [5.74, 6) is -2.36. The second-order valence-electron chi connectivity index (χ2n) is 3.76. The molecule has 0 saturated heterocycles. The third kappa shape index (κ3) is 1.53. The lowest BCUT2D eigenvalue weighted by atomic mass is 9.84. The van der Waals surface area contributed by atoms with Crippen LogP contribution in [0.5, 0.6) is 0 Å². The molecule has 1 nitrogen and oxygen atoms in total. The van der Waals surface area contributed by atoms with Gasteiger partial charge in [0.05, 0.1) is 0 Å². The molecule has 0 aromatic heterocycles. The Morgan fingerprint density at radius 3 is 2.09 bits per heavy atom. The second-order valence-corrected chi connectivity index (χ2v) is 3.76. The van der Waals surface area contributed by atoms with E-state index in [-0.39, 0.29) is 18.9 Å². The quantitative estimate of drug-likeness (QED) is 0.652. The van der Waals surface area contributed by atoms with E-state index < -0.39 is 5.92 Å². The second kappa shape index (κ2) is 2.41. The highest BCUT2D eigenvalue weighted by Crippen LogP contribution is 2.38. The Bertz CT molecular complexity index is 146. The molecular weight excluding hydrogens is 148 g/mol. The van der Waals surface area contributed by atoms with Crippen LogP contribution >= 0.6 is 0 Å².